The number of carbonyl (C=O) groups is 1. The number of aromatic nitrogens is 4. The Hall–Kier alpha value is -1.63. The van der Waals surface area contributed by atoms with Crippen LogP contribution in [0.3, 0.4) is 0 Å². The van der Waals surface area contributed by atoms with Crippen LogP contribution >= 0.6 is 34.8 Å². The van der Waals surface area contributed by atoms with E-state index in [2.05, 4.69) is 15.5 Å². The van der Waals surface area contributed by atoms with Gasteiger partial charge in [0.1, 0.15) is 0 Å². The number of hydrogen-bond acceptors (Lipinski definition) is 5. The van der Waals surface area contributed by atoms with E-state index in [-0.39, 0.29) is 11.4 Å². The zero-order valence-corrected chi connectivity index (χ0v) is 14.9. The minimum absolute atomic E-state index is 0.0978. The molecule has 0 bridgehead atoms. The second-order valence-corrected chi connectivity index (χ2v) is 7.36. The van der Waals surface area contributed by atoms with Crippen LogP contribution in [-0.2, 0) is 4.79 Å². The van der Waals surface area contributed by atoms with Gasteiger partial charge in [0.05, 0.1) is 11.3 Å². The summed E-state index contributed by atoms with van der Waals surface area (Å²) in [5, 5.41) is 11.5. The fraction of sp³-hybridized carbons (Fsp3) is 0.286. The number of nitrogens with zero attached hydrogens (tertiary/aromatic N) is 5. The summed E-state index contributed by atoms with van der Waals surface area (Å²) in [5.41, 5.74) is 1.88. The lowest BCUT2D eigenvalue weighted by molar-refractivity contribution is -0.113. The number of rotatable bonds is 4. The van der Waals surface area contributed by atoms with Crippen molar-refractivity contribution in [2.45, 2.75) is 10.7 Å². The average Bonchev–Trinajstić information content (AvgIpc) is 2.92. The molecule has 2 aromatic rings. The molecule has 1 heterocycles. The first-order valence-corrected chi connectivity index (χ1v) is 7.69. The lowest BCUT2D eigenvalue weighted by Gasteiger charge is -2.15. The zero-order valence-electron chi connectivity index (χ0n) is 12.7. The van der Waals surface area contributed by atoms with Gasteiger partial charge < -0.3 is 4.90 Å². The van der Waals surface area contributed by atoms with Gasteiger partial charge in [-0.1, -0.05) is 52.5 Å². The first kappa shape index (κ1) is 17.7. The smallest absolute Gasteiger partial charge is 0.253 e. The molecular formula is C14H14Cl3N5O. The molecule has 0 amide bonds. The fourth-order valence-corrected chi connectivity index (χ4v) is 2.15. The van der Waals surface area contributed by atoms with E-state index in [1.54, 1.807) is 19.0 Å². The third-order valence-corrected chi connectivity index (χ3v) is 3.39. The Morgan fingerprint density at radius 3 is 2.35 bits per heavy atom. The summed E-state index contributed by atoms with van der Waals surface area (Å²) in [5.74, 6) is -0.516. The number of carbonyl (C=O) groups excluding carboxylic acids is 1. The van der Waals surface area contributed by atoms with Crippen molar-refractivity contribution >= 4 is 46.2 Å². The van der Waals surface area contributed by atoms with Crippen molar-refractivity contribution in [1.82, 2.24) is 25.1 Å². The van der Waals surface area contributed by atoms with Crippen molar-refractivity contribution in [2.75, 3.05) is 14.1 Å². The monoisotopic (exact) mass is 373 g/mol. The van der Waals surface area contributed by atoms with Crippen LogP contribution < -0.4 is 0 Å². The van der Waals surface area contributed by atoms with Gasteiger partial charge in [0, 0.05) is 20.3 Å². The van der Waals surface area contributed by atoms with E-state index in [0.29, 0.717) is 5.69 Å². The Bertz CT molecular complexity index is 732. The zero-order chi connectivity index (χ0) is 17.2. The first-order valence-electron chi connectivity index (χ1n) is 6.55. The van der Waals surface area contributed by atoms with E-state index < -0.39 is 9.58 Å². The number of tetrazole rings is 1. The van der Waals surface area contributed by atoms with Gasteiger partial charge in [0.25, 0.3) is 3.79 Å². The van der Waals surface area contributed by atoms with Crippen LogP contribution in [0.4, 0.5) is 0 Å². The molecule has 0 aliphatic heterocycles. The van der Waals surface area contributed by atoms with Gasteiger partial charge >= 0.3 is 0 Å². The summed E-state index contributed by atoms with van der Waals surface area (Å²) < 4.78 is -0.686. The van der Waals surface area contributed by atoms with Crippen LogP contribution in [0.5, 0.6) is 0 Å². The number of allylic oxidation sites excluding steroid dienone is 1. The van der Waals surface area contributed by atoms with Gasteiger partial charge in [0.2, 0.25) is 5.78 Å². The van der Waals surface area contributed by atoms with Crippen LogP contribution in [0.1, 0.15) is 11.4 Å². The van der Waals surface area contributed by atoms with Crippen LogP contribution in [0, 0.1) is 6.92 Å². The maximum absolute atomic E-state index is 12.4. The molecule has 0 saturated heterocycles. The highest BCUT2D eigenvalue weighted by Crippen LogP contribution is 2.33. The highest BCUT2D eigenvalue weighted by Gasteiger charge is 2.36. The number of aryl methyl sites for hydroxylation is 1. The molecule has 0 N–H and O–H groups in total. The Morgan fingerprint density at radius 2 is 1.83 bits per heavy atom. The normalized spacial score (nSPS) is 12.3. The predicted octanol–water partition coefficient (Wildman–Crippen LogP) is 2.81. The molecule has 0 unspecified atom stereocenters. The van der Waals surface area contributed by atoms with E-state index in [1.165, 1.54) is 10.9 Å². The molecule has 0 fully saturated rings. The molecular weight excluding hydrogens is 361 g/mol. The fourth-order valence-electron chi connectivity index (χ4n) is 1.84. The average molecular weight is 375 g/mol. The van der Waals surface area contributed by atoms with Crippen molar-refractivity contribution in [1.29, 1.82) is 0 Å². The maximum atomic E-state index is 12.4. The molecule has 0 aliphatic rings. The Balaban J connectivity index is 2.56. The minimum atomic E-state index is -2.11. The van der Waals surface area contributed by atoms with E-state index in [0.717, 1.165) is 5.56 Å². The van der Waals surface area contributed by atoms with Crippen LogP contribution in [-0.4, -0.2) is 48.8 Å². The molecule has 2 rings (SSSR count). The van der Waals surface area contributed by atoms with Gasteiger partial charge in [-0.15, -0.1) is 5.10 Å². The van der Waals surface area contributed by atoms with E-state index >= 15 is 0 Å². The third-order valence-electron chi connectivity index (χ3n) is 2.88. The standard InChI is InChI=1S/C14H14Cl3N5O/c1-9-4-6-10(7-5-9)22-13(18-19-20-22)11(8-21(2)3)12(23)14(15,16)17/h4-8H,1-3H3. The number of alkyl halides is 3. The van der Waals surface area contributed by atoms with Crippen molar-refractivity contribution < 1.29 is 4.79 Å². The molecule has 0 aliphatic carbocycles. The Labute approximate surface area is 148 Å². The summed E-state index contributed by atoms with van der Waals surface area (Å²) in [6.45, 7) is 1.97. The molecule has 122 valence electrons. The first-order chi connectivity index (χ1) is 10.7. The van der Waals surface area contributed by atoms with Crippen molar-refractivity contribution in [3.05, 3.63) is 41.9 Å². The van der Waals surface area contributed by atoms with Gasteiger partial charge in [-0.25, -0.2) is 0 Å². The lowest BCUT2D eigenvalue weighted by atomic mass is 10.1. The molecule has 6 nitrogen and oxygen atoms in total. The highest BCUT2D eigenvalue weighted by atomic mass is 35.6. The van der Waals surface area contributed by atoms with E-state index in [4.69, 9.17) is 34.8 Å². The third kappa shape index (κ3) is 4.22. The van der Waals surface area contributed by atoms with Crippen LogP contribution in [0.2, 0.25) is 0 Å². The molecule has 1 aromatic carbocycles. The summed E-state index contributed by atoms with van der Waals surface area (Å²) in [7, 11) is 3.48. The van der Waals surface area contributed by atoms with E-state index in [1.807, 2.05) is 31.2 Å². The molecule has 0 atom stereocenters. The SMILES string of the molecule is Cc1ccc(-n2nnnc2C(=CN(C)C)C(=O)C(Cl)(Cl)Cl)cc1. The Kier molecular flexibility index (Phi) is 5.29. The van der Waals surface area contributed by atoms with E-state index in [9.17, 15) is 4.79 Å². The van der Waals surface area contributed by atoms with Crippen molar-refractivity contribution in [2.24, 2.45) is 0 Å². The summed E-state index contributed by atoms with van der Waals surface area (Å²) in [6.07, 6.45) is 1.51. The summed E-state index contributed by atoms with van der Waals surface area (Å²) in [4.78, 5) is 14.1. The number of hydrogen-bond donors (Lipinski definition) is 0. The molecule has 0 radical (unpaired) electrons. The van der Waals surface area contributed by atoms with Gasteiger partial charge in [-0.05, 0) is 29.5 Å². The van der Waals surface area contributed by atoms with Crippen LogP contribution in [0.25, 0.3) is 11.3 Å². The summed E-state index contributed by atoms with van der Waals surface area (Å²) >= 11 is 17.2. The largest absolute Gasteiger partial charge is 0.383 e. The lowest BCUT2D eigenvalue weighted by Crippen LogP contribution is -2.23. The topological polar surface area (TPSA) is 63.9 Å². The van der Waals surface area contributed by atoms with Crippen molar-refractivity contribution in [3.63, 3.8) is 0 Å². The molecule has 1 aromatic heterocycles. The van der Waals surface area contributed by atoms with Gasteiger partial charge in [-0.2, -0.15) is 4.68 Å². The van der Waals surface area contributed by atoms with Crippen LogP contribution in [0.15, 0.2) is 30.5 Å². The quantitative estimate of drug-likeness (QED) is 0.608. The van der Waals surface area contributed by atoms with Crippen molar-refractivity contribution in [3.8, 4) is 5.69 Å². The highest BCUT2D eigenvalue weighted by molar-refractivity contribution is 6.79. The number of benzene rings is 1. The molecule has 0 saturated carbocycles. The Morgan fingerprint density at radius 1 is 1.22 bits per heavy atom. The van der Waals surface area contributed by atoms with Gasteiger partial charge in [-0.3, -0.25) is 4.79 Å². The second kappa shape index (κ2) is 6.86. The number of halogens is 3. The minimum Gasteiger partial charge on any atom is -0.383 e. The predicted molar refractivity (Wildman–Crippen MR) is 90.9 cm³/mol. The second-order valence-electron chi connectivity index (χ2n) is 5.08. The molecule has 9 heteroatoms. The number of Topliss-reactive ketones (excluding diaryl/α,β-unsaturated/α-hetero) is 1. The number of ketones is 1. The maximum Gasteiger partial charge on any atom is 0.253 e. The molecule has 23 heavy (non-hydrogen) atoms. The van der Waals surface area contributed by atoms with Gasteiger partial charge in [0.15, 0.2) is 5.82 Å². The molecule has 0 spiro atoms. The summed E-state index contributed by atoms with van der Waals surface area (Å²) in [6, 6.07) is 7.49.